The van der Waals surface area contributed by atoms with Gasteiger partial charge in [-0.05, 0) is 24.3 Å². The molecular formula is C16H19NO5. The van der Waals surface area contributed by atoms with E-state index in [2.05, 4.69) is 0 Å². The molecule has 118 valence electrons. The molecule has 1 aromatic carbocycles. The highest BCUT2D eigenvalue weighted by Gasteiger charge is 2.40. The van der Waals surface area contributed by atoms with Gasteiger partial charge in [-0.2, -0.15) is 0 Å². The van der Waals surface area contributed by atoms with Crippen molar-refractivity contribution < 1.29 is 23.8 Å². The Labute approximate surface area is 128 Å². The number of amides is 1. The predicted molar refractivity (Wildman–Crippen MR) is 77.5 cm³/mol. The molecule has 2 heterocycles. The highest BCUT2D eigenvalue weighted by Crippen LogP contribution is 2.31. The number of nitrogens with zero attached hydrogens (tertiary/aromatic N) is 1. The minimum absolute atomic E-state index is 0.0257. The molecule has 22 heavy (non-hydrogen) atoms. The van der Waals surface area contributed by atoms with Crippen LogP contribution in [0.4, 0.5) is 0 Å². The Kier molecular flexibility index (Phi) is 4.13. The van der Waals surface area contributed by atoms with Gasteiger partial charge in [-0.1, -0.05) is 0 Å². The van der Waals surface area contributed by atoms with Crippen LogP contribution >= 0.6 is 0 Å². The summed E-state index contributed by atoms with van der Waals surface area (Å²) in [6.07, 6.45) is 1.40. The molecule has 2 saturated heterocycles. The van der Waals surface area contributed by atoms with Crippen molar-refractivity contribution in [3.63, 3.8) is 0 Å². The first kappa shape index (κ1) is 15.0. The Morgan fingerprint density at radius 1 is 1.09 bits per heavy atom. The van der Waals surface area contributed by atoms with Crippen molar-refractivity contribution in [2.75, 3.05) is 26.3 Å². The Morgan fingerprint density at radius 2 is 1.68 bits per heavy atom. The van der Waals surface area contributed by atoms with E-state index in [0.717, 1.165) is 0 Å². The molecule has 6 heteroatoms. The van der Waals surface area contributed by atoms with Gasteiger partial charge >= 0.3 is 5.97 Å². The van der Waals surface area contributed by atoms with E-state index in [0.29, 0.717) is 50.5 Å². The number of benzene rings is 1. The molecule has 0 bridgehead atoms. The summed E-state index contributed by atoms with van der Waals surface area (Å²) in [7, 11) is 0. The molecule has 0 atom stereocenters. The second-order valence-electron chi connectivity index (χ2n) is 5.52. The minimum Gasteiger partial charge on any atom is -0.427 e. The first-order valence-electron chi connectivity index (χ1n) is 7.44. The van der Waals surface area contributed by atoms with E-state index in [-0.39, 0.29) is 11.9 Å². The number of hydrogen-bond acceptors (Lipinski definition) is 5. The average molecular weight is 305 g/mol. The third-order valence-corrected chi connectivity index (χ3v) is 3.99. The lowest BCUT2D eigenvalue weighted by Crippen LogP contribution is -2.47. The molecule has 3 rings (SSSR count). The molecule has 2 fully saturated rings. The number of carbonyl (C=O) groups is 2. The lowest BCUT2D eigenvalue weighted by molar-refractivity contribution is -0.181. The standard InChI is InChI=1S/C16H19NO5/c1-12(18)22-14-4-2-13(3-5-14)15(19)17-8-6-16(7-9-17)20-10-11-21-16/h2-5H,6-11H2,1H3. The lowest BCUT2D eigenvalue weighted by atomic mass is 10.0. The summed E-state index contributed by atoms with van der Waals surface area (Å²) >= 11 is 0. The Morgan fingerprint density at radius 3 is 2.23 bits per heavy atom. The van der Waals surface area contributed by atoms with Crippen molar-refractivity contribution in [1.29, 1.82) is 0 Å². The fourth-order valence-corrected chi connectivity index (χ4v) is 2.85. The van der Waals surface area contributed by atoms with Crippen LogP contribution in [0.3, 0.4) is 0 Å². The minimum atomic E-state index is -0.476. The maximum Gasteiger partial charge on any atom is 0.308 e. The van der Waals surface area contributed by atoms with Gasteiger partial charge in [0.1, 0.15) is 5.75 Å². The molecule has 0 radical (unpaired) electrons. The summed E-state index contributed by atoms with van der Waals surface area (Å²) in [6.45, 7) is 3.84. The Hall–Kier alpha value is -1.92. The van der Waals surface area contributed by atoms with Gasteiger partial charge in [0.05, 0.1) is 13.2 Å². The van der Waals surface area contributed by atoms with Crippen LogP contribution in [0.25, 0.3) is 0 Å². The molecule has 1 amide bonds. The quantitative estimate of drug-likeness (QED) is 0.613. The van der Waals surface area contributed by atoms with Crippen LogP contribution < -0.4 is 4.74 Å². The van der Waals surface area contributed by atoms with Crippen molar-refractivity contribution in [3.05, 3.63) is 29.8 Å². The van der Waals surface area contributed by atoms with E-state index in [1.54, 1.807) is 29.2 Å². The van der Waals surface area contributed by atoms with Gasteiger partial charge in [0.25, 0.3) is 5.91 Å². The normalized spacial score (nSPS) is 20.1. The maximum absolute atomic E-state index is 12.5. The van der Waals surface area contributed by atoms with Crippen LogP contribution in [0.2, 0.25) is 0 Å². The van der Waals surface area contributed by atoms with Gasteiger partial charge in [-0.3, -0.25) is 9.59 Å². The second kappa shape index (κ2) is 6.06. The van der Waals surface area contributed by atoms with Gasteiger partial charge in [-0.25, -0.2) is 0 Å². The number of carbonyl (C=O) groups excluding carboxylic acids is 2. The Bertz CT molecular complexity index is 552. The van der Waals surface area contributed by atoms with Crippen LogP contribution in [-0.2, 0) is 14.3 Å². The molecule has 0 unspecified atom stereocenters. The SMILES string of the molecule is CC(=O)Oc1ccc(C(=O)N2CCC3(CC2)OCCO3)cc1. The van der Waals surface area contributed by atoms with E-state index in [1.165, 1.54) is 6.92 Å². The summed E-state index contributed by atoms with van der Waals surface area (Å²) in [5.41, 5.74) is 0.583. The smallest absolute Gasteiger partial charge is 0.308 e. The summed E-state index contributed by atoms with van der Waals surface area (Å²) in [5, 5.41) is 0. The molecule has 1 aromatic rings. The Balaban J connectivity index is 1.61. The number of ether oxygens (including phenoxy) is 3. The molecule has 0 aliphatic carbocycles. The third-order valence-electron chi connectivity index (χ3n) is 3.99. The molecule has 2 aliphatic heterocycles. The zero-order valence-electron chi connectivity index (χ0n) is 12.5. The van der Waals surface area contributed by atoms with Crippen LogP contribution in [0.15, 0.2) is 24.3 Å². The zero-order valence-corrected chi connectivity index (χ0v) is 12.5. The largest absolute Gasteiger partial charge is 0.427 e. The average Bonchev–Trinajstić information content (AvgIpc) is 2.96. The lowest BCUT2D eigenvalue weighted by Gasteiger charge is -2.37. The van der Waals surface area contributed by atoms with E-state index >= 15 is 0 Å². The van der Waals surface area contributed by atoms with Gasteiger partial charge in [0.15, 0.2) is 5.79 Å². The highest BCUT2D eigenvalue weighted by atomic mass is 16.7. The number of esters is 1. The molecule has 0 N–H and O–H groups in total. The van der Waals surface area contributed by atoms with Crippen molar-refractivity contribution in [1.82, 2.24) is 4.90 Å². The molecule has 1 spiro atoms. The van der Waals surface area contributed by atoms with Crippen molar-refractivity contribution >= 4 is 11.9 Å². The highest BCUT2D eigenvalue weighted by molar-refractivity contribution is 5.94. The van der Waals surface area contributed by atoms with Crippen LogP contribution in [-0.4, -0.2) is 48.9 Å². The van der Waals surface area contributed by atoms with Gasteiger partial charge in [-0.15, -0.1) is 0 Å². The van der Waals surface area contributed by atoms with Gasteiger partial charge in [0, 0.05) is 38.4 Å². The second-order valence-corrected chi connectivity index (χ2v) is 5.52. The first-order chi connectivity index (χ1) is 10.6. The topological polar surface area (TPSA) is 65.1 Å². The fraction of sp³-hybridized carbons (Fsp3) is 0.500. The fourth-order valence-electron chi connectivity index (χ4n) is 2.85. The van der Waals surface area contributed by atoms with E-state index in [4.69, 9.17) is 14.2 Å². The van der Waals surface area contributed by atoms with Gasteiger partial charge < -0.3 is 19.1 Å². The molecule has 6 nitrogen and oxygen atoms in total. The number of rotatable bonds is 2. The summed E-state index contributed by atoms with van der Waals surface area (Å²) in [6, 6.07) is 6.60. The van der Waals surface area contributed by atoms with Crippen molar-refractivity contribution in [2.45, 2.75) is 25.6 Å². The summed E-state index contributed by atoms with van der Waals surface area (Å²) < 4.78 is 16.3. The molecule has 2 aliphatic rings. The first-order valence-corrected chi connectivity index (χ1v) is 7.44. The van der Waals surface area contributed by atoms with E-state index in [1.807, 2.05) is 0 Å². The van der Waals surface area contributed by atoms with Gasteiger partial charge in [0.2, 0.25) is 0 Å². The van der Waals surface area contributed by atoms with Crippen molar-refractivity contribution in [3.8, 4) is 5.75 Å². The third kappa shape index (κ3) is 3.13. The summed E-state index contributed by atoms with van der Waals surface area (Å²) in [4.78, 5) is 25.2. The molecule has 0 aromatic heterocycles. The monoisotopic (exact) mass is 305 g/mol. The number of piperidine rings is 1. The van der Waals surface area contributed by atoms with Crippen molar-refractivity contribution in [2.24, 2.45) is 0 Å². The van der Waals surface area contributed by atoms with Crippen LogP contribution in [0, 0.1) is 0 Å². The van der Waals surface area contributed by atoms with E-state index < -0.39 is 5.79 Å². The zero-order chi connectivity index (χ0) is 15.6. The van der Waals surface area contributed by atoms with Crippen LogP contribution in [0.5, 0.6) is 5.75 Å². The van der Waals surface area contributed by atoms with E-state index in [9.17, 15) is 9.59 Å². The molecular weight excluding hydrogens is 286 g/mol. The predicted octanol–water partition coefficient (Wildman–Crippen LogP) is 1.59. The summed E-state index contributed by atoms with van der Waals surface area (Å²) in [5.74, 6) is -0.440. The number of hydrogen-bond donors (Lipinski definition) is 0. The maximum atomic E-state index is 12.5. The molecule has 0 saturated carbocycles. The number of likely N-dealkylation sites (tertiary alicyclic amines) is 1. The van der Waals surface area contributed by atoms with Crippen LogP contribution in [0.1, 0.15) is 30.1 Å².